The van der Waals surface area contributed by atoms with Crippen LogP contribution in [0.4, 0.5) is 14.9 Å². The van der Waals surface area contributed by atoms with Crippen LogP contribution in [0.25, 0.3) is 0 Å². The van der Waals surface area contributed by atoms with Crippen molar-refractivity contribution in [1.29, 1.82) is 0 Å². The standard InChI is InChI=1S/C13H13ClFN5O/c14-8-3-9(15)5-11(4-8)19-13(21)18-10-1-2-12-16-7-17-20(12)6-10/h3-5,7,10H,1-2,6H2,(H2,18,19,21)/t10-/m0/s1. The highest BCUT2D eigenvalue weighted by atomic mass is 35.5. The number of hydrogen-bond acceptors (Lipinski definition) is 3. The van der Waals surface area contributed by atoms with Crippen molar-refractivity contribution in [2.75, 3.05) is 5.32 Å². The Labute approximate surface area is 125 Å². The van der Waals surface area contributed by atoms with Gasteiger partial charge in [0.15, 0.2) is 0 Å². The molecule has 1 aromatic heterocycles. The molecule has 2 aromatic rings. The van der Waals surface area contributed by atoms with Gasteiger partial charge in [-0.15, -0.1) is 0 Å². The van der Waals surface area contributed by atoms with E-state index < -0.39 is 11.8 Å². The molecule has 2 heterocycles. The second kappa shape index (κ2) is 5.69. The molecule has 6 nitrogen and oxygen atoms in total. The number of urea groups is 1. The topological polar surface area (TPSA) is 71.8 Å². The largest absolute Gasteiger partial charge is 0.333 e. The van der Waals surface area contributed by atoms with Gasteiger partial charge < -0.3 is 10.6 Å². The fourth-order valence-electron chi connectivity index (χ4n) is 2.33. The maximum absolute atomic E-state index is 13.2. The van der Waals surface area contributed by atoms with E-state index in [1.807, 2.05) is 0 Å². The fourth-order valence-corrected chi connectivity index (χ4v) is 2.56. The molecule has 0 bridgehead atoms. The van der Waals surface area contributed by atoms with Crippen LogP contribution in [0.5, 0.6) is 0 Å². The lowest BCUT2D eigenvalue weighted by molar-refractivity contribution is 0.243. The Kier molecular flexibility index (Phi) is 3.74. The Morgan fingerprint density at radius 2 is 2.29 bits per heavy atom. The molecule has 1 aromatic carbocycles. The number of aryl methyl sites for hydroxylation is 1. The molecule has 1 aliphatic rings. The van der Waals surface area contributed by atoms with Gasteiger partial charge in [-0.2, -0.15) is 5.10 Å². The molecule has 1 aliphatic heterocycles. The van der Waals surface area contributed by atoms with Crippen molar-refractivity contribution >= 4 is 23.3 Å². The Hall–Kier alpha value is -2.15. The number of halogens is 2. The summed E-state index contributed by atoms with van der Waals surface area (Å²) < 4.78 is 15.0. The van der Waals surface area contributed by atoms with E-state index in [0.717, 1.165) is 18.7 Å². The molecular formula is C13H13ClFN5O. The van der Waals surface area contributed by atoms with Crippen molar-refractivity contribution < 1.29 is 9.18 Å². The Bertz CT molecular complexity index is 654. The van der Waals surface area contributed by atoms with Gasteiger partial charge in [0.1, 0.15) is 18.0 Å². The zero-order valence-corrected chi connectivity index (χ0v) is 11.8. The molecule has 2 amide bonds. The van der Waals surface area contributed by atoms with E-state index in [1.165, 1.54) is 24.5 Å². The van der Waals surface area contributed by atoms with Crippen LogP contribution in [0.3, 0.4) is 0 Å². The van der Waals surface area contributed by atoms with Gasteiger partial charge in [0.25, 0.3) is 0 Å². The molecule has 0 aliphatic carbocycles. The Morgan fingerprint density at radius 1 is 1.43 bits per heavy atom. The van der Waals surface area contributed by atoms with Crippen molar-refractivity contribution in [3.05, 3.63) is 41.2 Å². The molecule has 0 fully saturated rings. The molecule has 0 unspecified atom stereocenters. The minimum Gasteiger partial charge on any atom is -0.333 e. The van der Waals surface area contributed by atoms with Gasteiger partial charge in [0.2, 0.25) is 0 Å². The lowest BCUT2D eigenvalue weighted by Gasteiger charge is -2.23. The van der Waals surface area contributed by atoms with Crippen molar-refractivity contribution in [3.63, 3.8) is 0 Å². The molecule has 8 heteroatoms. The van der Waals surface area contributed by atoms with Crippen molar-refractivity contribution in [2.45, 2.75) is 25.4 Å². The van der Waals surface area contributed by atoms with Gasteiger partial charge in [0.05, 0.1) is 12.6 Å². The van der Waals surface area contributed by atoms with E-state index >= 15 is 0 Å². The van der Waals surface area contributed by atoms with Crippen molar-refractivity contribution in [2.24, 2.45) is 0 Å². The number of hydrogen-bond donors (Lipinski definition) is 2. The average Bonchev–Trinajstić information content (AvgIpc) is 2.84. The van der Waals surface area contributed by atoms with Crippen LogP contribution in [0, 0.1) is 5.82 Å². The average molecular weight is 310 g/mol. The molecule has 3 rings (SSSR count). The number of carbonyl (C=O) groups is 1. The molecule has 0 spiro atoms. The quantitative estimate of drug-likeness (QED) is 0.893. The zero-order valence-electron chi connectivity index (χ0n) is 11.0. The summed E-state index contributed by atoms with van der Waals surface area (Å²) in [6.07, 6.45) is 3.05. The lowest BCUT2D eigenvalue weighted by Crippen LogP contribution is -2.43. The molecule has 21 heavy (non-hydrogen) atoms. The summed E-state index contributed by atoms with van der Waals surface area (Å²) in [7, 11) is 0. The molecule has 0 radical (unpaired) electrons. The second-order valence-electron chi connectivity index (χ2n) is 4.85. The minimum atomic E-state index is -0.497. The van der Waals surface area contributed by atoms with Crippen LogP contribution < -0.4 is 10.6 Å². The first-order valence-corrected chi connectivity index (χ1v) is 6.88. The summed E-state index contributed by atoms with van der Waals surface area (Å²) in [5.41, 5.74) is 0.315. The van der Waals surface area contributed by atoms with E-state index in [-0.39, 0.29) is 11.1 Å². The highest BCUT2D eigenvalue weighted by Gasteiger charge is 2.21. The first-order chi connectivity index (χ1) is 10.1. The summed E-state index contributed by atoms with van der Waals surface area (Å²) >= 11 is 5.74. The van der Waals surface area contributed by atoms with Crippen LogP contribution in [0.1, 0.15) is 12.2 Å². The van der Waals surface area contributed by atoms with E-state index in [1.54, 1.807) is 4.68 Å². The van der Waals surface area contributed by atoms with Crippen molar-refractivity contribution in [3.8, 4) is 0 Å². The molecule has 2 N–H and O–H groups in total. The van der Waals surface area contributed by atoms with Gasteiger partial charge in [-0.3, -0.25) is 0 Å². The maximum atomic E-state index is 13.2. The lowest BCUT2D eigenvalue weighted by atomic mass is 10.1. The number of rotatable bonds is 2. The number of carbonyl (C=O) groups excluding carboxylic acids is 1. The highest BCUT2D eigenvalue weighted by Crippen LogP contribution is 2.18. The van der Waals surface area contributed by atoms with E-state index in [2.05, 4.69) is 20.7 Å². The van der Waals surface area contributed by atoms with E-state index in [4.69, 9.17) is 11.6 Å². The SMILES string of the molecule is O=C(Nc1cc(F)cc(Cl)c1)N[C@H]1CCc2ncnn2C1. The zero-order chi connectivity index (χ0) is 14.8. The van der Waals surface area contributed by atoms with Gasteiger partial charge >= 0.3 is 6.03 Å². The Morgan fingerprint density at radius 3 is 3.10 bits per heavy atom. The molecular weight excluding hydrogens is 297 g/mol. The monoisotopic (exact) mass is 309 g/mol. The highest BCUT2D eigenvalue weighted by molar-refractivity contribution is 6.30. The molecule has 0 saturated carbocycles. The fraction of sp³-hybridized carbons (Fsp3) is 0.308. The summed E-state index contributed by atoms with van der Waals surface area (Å²) in [4.78, 5) is 16.0. The molecule has 110 valence electrons. The Balaban J connectivity index is 1.60. The van der Waals surface area contributed by atoms with Crippen LogP contribution in [0.2, 0.25) is 5.02 Å². The third kappa shape index (κ3) is 3.30. The van der Waals surface area contributed by atoms with Gasteiger partial charge in [0, 0.05) is 17.1 Å². The van der Waals surface area contributed by atoms with Crippen molar-refractivity contribution in [1.82, 2.24) is 20.1 Å². The van der Waals surface area contributed by atoms with Crippen LogP contribution in [0.15, 0.2) is 24.5 Å². The van der Waals surface area contributed by atoms with Crippen LogP contribution in [-0.2, 0) is 13.0 Å². The number of nitrogens with one attached hydrogen (secondary N) is 2. The number of aromatic nitrogens is 3. The van der Waals surface area contributed by atoms with Gasteiger partial charge in [-0.1, -0.05) is 11.6 Å². The summed E-state index contributed by atoms with van der Waals surface area (Å²) in [6, 6.07) is 3.44. The number of amides is 2. The molecule has 0 saturated heterocycles. The van der Waals surface area contributed by atoms with Crippen LogP contribution >= 0.6 is 11.6 Å². The predicted molar refractivity (Wildman–Crippen MR) is 75.7 cm³/mol. The third-order valence-electron chi connectivity index (χ3n) is 3.26. The van der Waals surface area contributed by atoms with E-state index in [0.29, 0.717) is 12.2 Å². The summed E-state index contributed by atoms with van der Waals surface area (Å²) in [5, 5.41) is 9.72. The number of fused-ring (bicyclic) bond motifs is 1. The number of benzene rings is 1. The first kappa shape index (κ1) is 13.8. The number of anilines is 1. The van der Waals surface area contributed by atoms with E-state index in [9.17, 15) is 9.18 Å². The summed E-state index contributed by atoms with van der Waals surface area (Å²) in [6.45, 7) is 0.576. The maximum Gasteiger partial charge on any atom is 0.319 e. The third-order valence-corrected chi connectivity index (χ3v) is 3.48. The normalized spacial score (nSPS) is 17.1. The molecule has 1 atom stereocenters. The second-order valence-corrected chi connectivity index (χ2v) is 5.29. The van der Waals surface area contributed by atoms with Gasteiger partial charge in [-0.05, 0) is 24.6 Å². The number of nitrogens with zero attached hydrogens (tertiary/aromatic N) is 3. The summed E-state index contributed by atoms with van der Waals surface area (Å²) in [5.74, 6) is 0.424. The minimum absolute atomic E-state index is 0.0387. The van der Waals surface area contributed by atoms with Gasteiger partial charge in [-0.25, -0.2) is 18.9 Å². The predicted octanol–water partition coefficient (Wildman–Crippen LogP) is 2.21. The smallest absolute Gasteiger partial charge is 0.319 e. The first-order valence-electron chi connectivity index (χ1n) is 6.50. The van der Waals surface area contributed by atoms with Crippen LogP contribution in [-0.4, -0.2) is 26.8 Å².